The van der Waals surface area contributed by atoms with Crippen LogP contribution >= 0.6 is 0 Å². The van der Waals surface area contributed by atoms with Gasteiger partial charge in [0.1, 0.15) is 11.6 Å². The van der Waals surface area contributed by atoms with Crippen molar-refractivity contribution in [3.8, 4) is 0 Å². The predicted octanol–water partition coefficient (Wildman–Crippen LogP) is 2.20. The fourth-order valence-electron chi connectivity index (χ4n) is 3.15. The maximum atomic E-state index is 12.6. The van der Waals surface area contributed by atoms with E-state index in [0.717, 1.165) is 44.3 Å². The summed E-state index contributed by atoms with van der Waals surface area (Å²) >= 11 is 0. The second kappa shape index (κ2) is 7.84. The molecule has 2 aromatic rings. The summed E-state index contributed by atoms with van der Waals surface area (Å²) < 4.78 is 7.24. The lowest BCUT2D eigenvalue weighted by molar-refractivity contribution is -0.121. The van der Waals surface area contributed by atoms with Gasteiger partial charge in [-0.2, -0.15) is 5.10 Å². The monoisotopic (exact) mass is 345 g/mol. The normalized spacial score (nSPS) is 17.8. The van der Waals surface area contributed by atoms with Crippen LogP contribution in [0.5, 0.6) is 0 Å². The Labute approximate surface area is 148 Å². The van der Waals surface area contributed by atoms with Crippen molar-refractivity contribution in [2.75, 3.05) is 31.5 Å². The smallest absolute Gasteiger partial charge is 0.242 e. The Morgan fingerprint density at radius 2 is 2.00 bits per heavy atom. The zero-order chi connectivity index (χ0) is 17.8. The second-order valence-electron chi connectivity index (χ2n) is 6.81. The number of amides is 1. The molecular weight excluding hydrogens is 318 g/mol. The molecule has 3 heterocycles. The van der Waals surface area contributed by atoms with Gasteiger partial charge in [0.15, 0.2) is 0 Å². The minimum Gasteiger partial charge on any atom is -0.468 e. The van der Waals surface area contributed by atoms with Gasteiger partial charge >= 0.3 is 0 Å². The highest BCUT2D eigenvalue weighted by Crippen LogP contribution is 2.15. The zero-order valence-corrected chi connectivity index (χ0v) is 15.2. The summed E-state index contributed by atoms with van der Waals surface area (Å²) in [4.78, 5) is 17.2. The number of hydrogen-bond acceptors (Lipinski definition) is 5. The van der Waals surface area contributed by atoms with E-state index in [1.165, 1.54) is 0 Å². The summed E-state index contributed by atoms with van der Waals surface area (Å²) in [6.07, 6.45) is 3.42. The molecule has 0 aliphatic carbocycles. The van der Waals surface area contributed by atoms with Crippen molar-refractivity contribution in [3.05, 3.63) is 36.4 Å². The van der Waals surface area contributed by atoms with E-state index in [4.69, 9.17) is 4.42 Å². The lowest BCUT2D eigenvalue weighted by atomic mass is 10.2. The van der Waals surface area contributed by atoms with Crippen molar-refractivity contribution < 1.29 is 9.21 Å². The summed E-state index contributed by atoms with van der Waals surface area (Å²) in [6, 6.07) is 5.80. The Kier molecular flexibility index (Phi) is 5.55. The minimum absolute atomic E-state index is 0.0156. The van der Waals surface area contributed by atoms with Crippen LogP contribution in [0, 0.1) is 0 Å². The molecule has 0 bridgehead atoms. The average Bonchev–Trinajstić information content (AvgIpc) is 3.26. The standard InChI is InChI=1S/C18H27N5O2/c1-14(2)23-17(6-7-19-23)20-18(24)15(3)22-10-8-21(9-11-22)13-16-5-4-12-25-16/h4-7,12,14-15H,8-11,13H2,1-3H3,(H,20,24)/t15-/m0/s1. The van der Waals surface area contributed by atoms with Gasteiger partial charge in [-0.05, 0) is 32.9 Å². The van der Waals surface area contributed by atoms with E-state index in [1.54, 1.807) is 12.5 Å². The number of nitrogens with zero attached hydrogens (tertiary/aromatic N) is 4. The molecule has 25 heavy (non-hydrogen) atoms. The number of rotatable bonds is 6. The largest absolute Gasteiger partial charge is 0.468 e. The van der Waals surface area contributed by atoms with E-state index in [1.807, 2.05) is 43.7 Å². The van der Waals surface area contributed by atoms with Crippen molar-refractivity contribution >= 4 is 11.7 Å². The number of piperazine rings is 1. The van der Waals surface area contributed by atoms with Gasteiger partial charge in [-0.15, -0.1) is 0 Å². The van der Waals surface area contributed by atoms with Crippen molar-refractivity contribution in [2.24, 2.45) is 0 Å². The quantitative estimate of drug-likeness (QED) is 0.869. The summed E-state index contributed by atoms with van der Waals surface area (Å²) in [5.41, 5.74) is 0. The third-order valence-electron chi connectivity index (χ3n) is 4.70. The fourth-order valence-corrected chi connectivity index (χ4v) is 3.15. The summed E-state index contributed by atoms with van der Waals surface area (Å²) in [5, 5.41) is 7.27. The van der Waals surface area contributed by atoms with Crippen LogP contribution in [0.3, 0.4) is 0 Å². The first-order valence-electron chi connectivity index (χ1n) is 8.87. The number of carbonyl (C=O) groups is 1. The van der Waals surface area contributed by atoms with Crippen molar-refractivity contribution in [1.29, 1.82) is 0 Å². The number of carbonyl (C=O) groups excluding carboxylic acids is 1. The third kappa shape index (κ3) is 4.29. The van der Waals surface area contributed by atoms with Crippen molar-refractivity contribution in [3.63, 3.8) is 0 Å². The highest BCUT2D eigenvalue weighted by atomic mass is 16.3. The van der Waals surface area contributed by atoms with Crippen LogP contribution < -0.4 is 5.32 Å². The third-order valence-corrected chi connectivity index (χ3v) is 4.70. The topological polar surface area (TPSA) is 66.5 Å². The van der Waals surface area contributed by atoms with E-state index in [9.17, 15) is 4.79 Å². The second-order valence-corrected chi connectivity index (χ2v) is 6.81. The van der Waals surface area contributed by atoms with Gasteiger partial charge in [0, 0.05) is 38.3 Å². The number of hydrogen-bond donors (Lipinski definition) is 1. The van der Waals surface area contributed by atoms with Crippen LogP contribution in [0.2, 0.25) is 0 Å². The molecule has 0 radical (unpaired) electrons. The van der Waals surface area contributed by atoms with Gasteiger partial charge in [0.25, 0.3) is 0 Å². The summed E-state index contributed by atoms with van der Waals surface area (Å²) in [5.74, 6) is 1.76. The molecule has 1 aliphatic heterocycles. The van der Waals surface area contributed by atoms with Crippen LogP contribution in [0.25, 0.3) is 0 Å². The molecule has 7 heteroatoms. The highest BCUT2D eigenvalue weighted by molar-refractivity contribution is 5.93. The summed E-state index contributed by atoms with van der Waals surface area (Å²) in [7, 11) is 0. The molecular formula is C18H27N5O2. The molecule has 1 N–H and O–H groups in total. The Hall–Kier alpha value is -2.12. The lowest BCUT2D eigenvalue weighted by Crippen LogP contribution is -2.52. The van der Waals surface area contributed by atoms with Gasteiger partial charge in [0.2, 0.25) is 5.91 Å². The van der Waals surface area contributed by atoms with E-state index in [-0.39, 0.29) is 18.0 Å². The zero-order valence-electron chi connectivity index (χ0n) is 15.2. The molecule has 0 spiro atoms. The van der Waals surface area contributed by atoms with E-state index in [0.29, 0.717) is 0 Å². The van der Waals surface area contributed by atoms with Crippen LogP contribution in [0.1, 0.15) is 32.6 Å². The molecule has 1 atom stereocenters. The van der Waals surface area contributed by atoms with Crippen LogP contribution in [-0.2, 0) is 11.3 Å². The number of nitrogens with one attached hydrogen (secondary N) is 1. The molecule has 1 saturated heterocycles. The SMILES string of the molecule is CC(C)n1nccc1NC(=O)[C@H](C)N1CCN(Cc2ccco2)CC1. The Morgan fingerprint density at radius 3 is 2.64 bits per heavy atom. The highest BCUT2D eigenvalue weighted by Gasteiger charge is 2.26. The van der Waals surface area contributed by atoms with Crippen LogP contribution in [0.4, 0.5) is 5.82 Å². The van der Waals surface area contributed by atoms with E-state index >= 15 is 0 Å². The number of furan rings is 1. The maximum Gasteiger partial charge on any atom is 0.242 e. The van der Waals surface area contributed by atoms with Gasteiger partial charge in [0.05, 0.1) is 25.0 Å². The van der Waals surface area contributed by atoms with Gasteiger partial charge in [-0.1, -0.05) is 0 Å². The van der Waals surface area contributed by atoms with Gasteiger partial charge in [-0.3, -0.25) is 14.6 Å². The van der Waals surface area contributed by atoms with E-state index in [2.05, 4.69) is 20.2 Å². The molecule has 2 aromatic heterocycles. The minimum atomic E-state index is -0.165. The summed E-state index contributed by atoms with van der Waals surface area (Å²) in [6.45, 7) is 10.5. The Bertz CT molecular complexity index is 671. The van der Waals surface area contributed by atoms with E-state index < -0.39 is 0 Å². The van der Waals surface area contributed by atoms with Gasteiger partial charge in [-0.25, -0.2) is 4.68 Å². The molecule has 3 rings (SSSR count). The molecule has 0 unspecified atom stereocenters. The lowest BCUT2D eigenvalue weighted by Gasteiger charge is -2.37. The maximum absolute atomic E-state index is 12.6. The molecule has 1 fully saturated rings. The van der Waals surface area contributed by atoms with Crippen LogP contribution in [0.15, 0.2) is 35.1 Å². The van der Waals surface area contributed by atoms with Gasteiger partial charge < -0.3 is 9.73 Å². The molecule has 0 aromatic carbocycles. The molecule has 1 aliphatic rings. The number of anilines is 1. The predicted molar refractivity (Wildman–Crippen MR) is 96.3 cm³/mol. The number of aromatic nitrogens is 2. The van der Waals surface area contributed by atoms with Crippen molar-refractivity contribution in [1.82, 2.24) is 19.6 Å². The van der Waals surface area contributed by atoms with Crippen LogP contribution in [-0.4, -0.2) is 57.7 Å². The average molecular weight is 345 g/mol. The first-order chi connectivity index (χ1) is 12.0. The molecule has 0 saturated carbocycles. The molecule has 7 nitrogen and oxygen atoms in total. The Balaban J connectivity index is 1.50. The molecule has 136 valence electrons. The molecule has 1 amide bonds. The first-order valence-corrected chi connectivity index (χ1v) is 8.87. The fraction of sp³-hybridized carbons (Fsp3) is 0.556. The Morgan fingerprint density at radius 1 is 1.24 bits per heavy atom. The van der Waals surface area contributed by atoms with Crippen molar-refractivity contribution in [2.45, 2.75) is 39.4 Å². The first kappa shape index (κ1) is 17.7.